The lowest BCUT2D eigenvalue weighted by atomic mass is 10.3. The number of benzene rings is 1. The summed E-state index contributed by atoms with van der Waals surface area (Å²) in [5, 5.41) is 16.7. The Bertz CT molecular complexity index is 687. The topological polar surface area (TPSA) is 96.2 Å². The monoisotopic (exact) mass is 296 g/mol. The number of hydrogen-bond donors (Lipinski definition) is 3. The Hall–Kier alpha value is -2.97. The summed E-state index contributed by atoms with van der Waals surface area (Å²) in [6.45, 7) is -0.359. The van der Waals surface area contributed by atoms with Gasteiger partial charge in [-0.3, -0.25) is 9.48 Å². The third-order valence-corrected chi connectivity index (χ3v) is 2.39. The van der Waals surface area contributed by atoms with Crippen molar-refractivity contribution in [1.29, 1.82) is 0 Å². The molecule has 3 N–H and O–H groups in total. The number of halogens is 2. The molecule has 2 amide bonds. The molecular weight excluding hydrogens is 286 g/mol. The Balaban J connectivity index is 2.00. The number of nitrogens with zero attached hydrogens (tertiary/aromatic N) is 2. The van der Waals surface area contributed by atoms with Crippen LogP contribution in [0.4, 0.5) is 25.0 Å². The van der Waals surface area contributed by atoms with Gasteiger partial charge in [-0.2, -0.15) is 5.10 Å². The first kappa shape index (κ1) is 14.4. The smallest absolute Gasteiger partial charge is 0.325 e. The van der Waals surface area contributed by atoms with Crippen molar-refractivity contribution in [1.82, 2.24) is 9.78 Å². The number of carbonyl (C=O) groups is 2. The van der Waals surface area contributed by atoms with Crippen LogP contribution in [0.1, 0.15) is 0 Å². The van der Waals surface area contributed by atoms with Gasteiger partial charge in [0, 0.05) is 6.20 Å². The van der Waals surface area contributed by atoms with Crippen LogP contribution in [0.25, 0.3) is 0 Å². The second-order valence-corrected chi connectivity index (χ2v) is 4.00. The van der Waals surface area contributed by atoms with Gasteiger partial charge in [0.05, 0.1) is 17.6 Å². The van der Waals surface area contributed by atoms with Crippen LogP contribution < -0.4 is 10.6 Å². The van der Waals surface area contributed by atoms with E-state index in [2.05, 4.69) is 15.7 Å². The van der Waals surface area contributed by atoms with Gasteiger partial charge in [0.2, 0.25) is 0 Å². The maximum atomic E-state index is 13.3. The fourth-order valence-corrected chi connectivity index (χ4v) is 1.54. The molecule has 0 aliphatic heterocycles. The van der Waals surface area contributed by atoms with Crippen molar-refractivity contribution in [2.45, 2.75) is 6.54 Å². The third-order valence-electron chi connectivity index (χ3n) is 2.39. The first-order valence-corrected chi connectivity index (χ1v) is 5.72. The van der Waals surface area contributed by atoms with Crippen LogP contribution in [0.5, 0.6) is 0 Å². The number of carboxylic acid groups (broad SMARTS) is 1. The normalized spacial score (nSPS) is 10.2. The highest BCUT2D eigenvalue weighted by atomic mass is 19.2. The quantitative estimate of drug-likeness (QED) is 0.802. The SMILES string of the molecule is O=C(O)Cn1cc(NC(=O)Nc2cccc(F)c2F)cn1. The number of aliphatic carboxylic acids is 1. The molecule has 0 spiro atoms. The van der Waals surface area contributed by atoms with Crippen molar-refractivity contribution in [3.8, 4) is 0 Å². The van der Waals surface area contributed by atoms with Crippen LogP contribution in [-0.2, 0) is 11.3 Å². The molecule has 1 aromatic carbocycles. The molecule has 1 heterocycles. The Labute approximate surface area is 117 Å². The van der Waals surface area contributed by atoms with Crippen molar-refractivity contribution in [2.24, 2.45) is 0 Å². The van der Waals surface area contributed by atoms with Crippen LogP contribution in [0.2, 0.25) is 0 Å². The predicted molar refractivity (Wildman–Crippen MR) is 68.9 cm³/mol. The average Bonchev–Trinajstić information content (AvgIpc) is 2.81. The lowest BCUT2D eigenvalue weighted by molar-refractivity contribution is -0.137. The summed E-state index contributed by atoms with van der Waals surface area (Å²) >= 11 is 0. The molecule has 110 valence electrons. The zero-order chi connectivity index (χ0) is 15.4. The minimum atomic E-state index is -1.17. The van der Waals surface area contributed by atoms with E-state index in [1.807, 2.05) is 0 Å². The summed E-state index contributed by atoms with van der Waals surface area (Å²) < 4.78 is 27.4. The lowest BCUT2D eigenvalue weighted by Gasteiger charge is -2.07. The molecule has 0 atom stereocenters. The van der Waals surface area contributed by atoms with Crippen LogP contribution in [0.3, 0.4) is 0 Å². The van der Waals surface area contributed by atoms with E-state index in [9.17, 15) is 18.4 Å². The summed E-state index contributed by atoms with van der Waals surface area (Å²) in [6, 6.07) is 2.56. The van der Waals surface area contributed by atoms with Gasteiger partial charge in [-0.05, 0) is 12.1 Å². The van der Waals surface area contributed by atoms with E-state index in [1.165, 1.54) is 24.5 Å². The lowest BCUT2D eigenvalue weighted by Crippen LogP contribution is -2.20. The summed E-state index contributed by atoms with van der Waals surface area (Å²) in [5.74, 6) is -3.34. The van der Waals surface area contributed by atoms with Crippen molar-refractivity contribution in [2.75, 3.05) is 10.6 Å². The van der Waals surface area contributed by atoms with E-state index in [0.717, 1.165) is 10.7 Å². The molecule has 7 nitrogen and oxygen atoms in total. The maximum Gasteiger partial charge on any atom is 0.325 e. The standard InChI is InChI=1S/C12H10F2N4O3/c13-8-2-1-3-9(11(8)14)17-12(21)16-7-4-15-18(5-7)6-10(19)20/h1-5H,6H2,(H,19,20)(H2,16,17,21). The molecule has 0 saturated heterocycles. The van der Waals surface area contributed by atoms with Gasteiger partial charge in [0.15, 0.2) is 11.6 Å². The van der Waals surface area contributed by atoms with Gasteiger partial charge >= 0.3 is 12.0 Å². The zero-order valence-corrected chi connectivity index (χ0v) is 10.5. The summed E-state index contributed by atoms with van der Waals surface area (Å²) in [6.07, 6.45) is 2.51. The number of nitrogens with one attached hydrogen (secondary N) is 2. The number of carboxylic acids is 1. The van der Waals surface area contributed by atoms with E-state index in [4.69, 9.17) is 5.11 Å². The second-order valence-electron chi connectivity index (χ2n) is 4.00. The van der Waals surface area contributed by atoms with Gasteiger partial charge in [-0.15, -0.1) is 0 Å². The fourth-order valence-electron chi connectivity index (χ4n) is 1.54. The Morgan fingerprint density at radius 3 is 2.76 bits per heavy atom. The molecule has 1 aromatic heterocycles. The fraction of sp³-hybridized carbons (Fsp3) is 0.0833. The van der Waals surface area contributed by atoms with E-state index in [0.29, 0.717) is 0 Å². The first-order chi connectivity index (χ1) is 9.95. The van der Waals surface area contributed by atoms with Crippen molar-refractivity contribution >= 4 is 23.4 Å². The molecule has 9 heteroatoms. The largest absolute Gasteiger partial charge is 0.480 e. The summed E-state index contributed by atoms with van der Waals surface area (Å²) in [4.78, 5) is 22.1. The molecule has 0 saturated carbocycles. The van der Waals surface area contributed by atoms with Crippen molar-refractivity contribution < 1.29 is 23.5 Å². The average molecular weight is 296 g/mol. The predicted octanol–water partition coefficient (Wildman–Crippen LogP) is 1.89. The molecule has 2 rings (SSSR count). The highest BCUT2D eigenvalue weighted by Crippen LogP contribution is 2.16. The van der Waals surface area contributed by atoms with Crippen molar-refractivity contribution in [3.63, 3.8) is 0 Å². The van der Waals surface area contributed by atoms with Crippen LogP contribution in [0.15, 0.2) is 30.6 Å². The Morgan fingerprint density at radius 2 is 2.05 bits per heavy atom. The van der Waals surface area contributed by atoms with E-state index in [1.54, 1.807) is 0 Å². The number of aromatic nitrogens is 2. The molecule has 0 bridgehead atoms. The van der Waals surface area contributed by atoms with Crippen molar-refractivity contribution in [3.05, 3.63) is 42.2 Å². The highest BCUT2D eigenvalue weighted by Gasteiger charge is 2.11. The maximum absolute atomic E-state index is 13.3. The van der Waals surface area contributed by atoms with E-state index < -0.39 is 23.6 Å². The number of rotatable bonds is 4. The van der Waals surface area contributed by atoms with Crippen LogP contribution in [-0.4, -0.2) is 26.9 Å². The molecule has 0 radical (unpaired) electrons. The first-order valence-electron chi connectivity index (χ1n) is 5.72. The van der Waals surface area contributed by atoms with Gasteiger partial charge in [0.1, 0.15) is 6.54 Å². The van der Waals surface area contributed by atoms with Crippen LogP contribution in [0, 0.1) is 11.6 Å². The summed E-state index contributed by atoms with van der Waals surface area (Å²) in [7, 11) is 0. The highest BCUT2D eigenvalue weighted by molar-refractivity contribution is 5.99. The molecule has 21 heavy (non-hydrogen) atoms. The van der Waals surface area contributed by atoms with Gasteiger partial charge in [-0.1, -0.05) is 6.07 Å². The van der Waals surface area contributed by atoms with Gasteiger partial charge < -0.3 is 15.7 Å². The Morgan fingerprint density at radius 1 is 1.29 bits per heavy atom. The number of anilines is 2. The number of carbonyl (C=O) groups excluding carboxylic acids is 1. The third kappa shape index (κ3) is 3.75. The molecule has 0 unspecified atom stereocenters. The van der Waals surface area contributed by atoms with Gasteiger partial charge in [-0.25, -0.2) is 13.6 Å². The zero-order valence-electron chi connectivity index (χ0n) is 10.5. The number of amides is 2. The number of hydrogen-bond acceptors (Lipinski definition) is 3. The second kappa shape index (κ2) is 5.99. The van der Waals surface area contributed by atoms with Crippen LogP contribution >= 0.6 is 0 Å². The minimum Gasteiger partial charge on any atom is -0.480 e. The van der Waals surface area contributed by atoms with Gasteiger partial charge in [0.25, 0.3) is 0 Å². The summed E-state index contributed by atoms with van der Waals surface area (Å²) in [5.41, 5.74) is -0.101. The molecule has 0 fully saturated rings. The minimum absolute atomic E-state index is 0.213. The number of urea groups is 1. The molecule has 0 aliphatic carbocycles. The molecule has 2 aromatic rings. The molecular formula is C12H10F2N4O3. The Kier molecular flexibility index (Phi) is 4.12. The van der Waals surface area contributed by atoms with E-state index >= 15 is 0 Å². The molecule has 0 aliphatic rings. The van der Waals surface area contributed by atoms with E-state index in [-0.39, 0.29) is 17.9 Å².